The predicted octanol–water partition coefficient (Wildman–Crippen LogP) is 1.76. The van der Waals surface area contributed by atoms with E-state index in [-0.39, 0.29) is 42.1 Å². The van der Waals surface area contributed by atoms with Crippen LogP contribution < -0.4 is 5.32 Å². The zero-order valence-corrected chi connectivity index (χ0v) is 20.0. The van der Waals surface area contributed by atoms with Gasteiger partial charge in [-0.25, -0.2) is 9.78 Å². The number of alkyl carbamates (subject to hydrolysis) is 1. The second kappa shape index (κ2) is 8.09. The molecule has 10 nitrogen and oxygen atoms in total. The van der Waals surface area contributed by atoms with Crippen LogP contribution in [0.1, 0.15) is 65.0 Å². The van der Waals surface area contributed by atoms with Crippen molar-refractivity contribution in [1.82, 2.24) is 25.1 Å². The number of imidazole rings is 1. The maximum atomic E-state index is 13.9. The van der Waals surface area contributed by atoms with Crippen LogP contribution in [0.5, 0.6) is 0 Å². The van der Waals surface area contributed by atoms with E-state index < -0.39 is 23.2 Å². The van der Waals surface area contributed by atoms with Crippen molar-refractivity contribution < 1.29 is 23.9 Å². The Hall–Kier alpha value is -2.91. The van der Waals surface area contributed by atoms with Gasteiger partial charge in [-0.15, -0.1) is 0 Å². The summed E-state index contributed by atoms with van der Waals surface area (Å²) in [7, 11) is 0. The number of nitrogens with zero attached hydrogens (tertiary/aromatic N) is 3. The second-order valence-corrected chi connectivity index (χ2v) is 11.1. The molecule has 0 unspecified atom stereocenters. The lowest BCUT2D eigenvalue weighted by molar-refractivity contribution is -0.152. The average Bonchev–Trinajstić information content (AvgIpc) is 3.17. The summed E-state index contributed by atoms with van der Waals surface area (Å²) >= 11 is 0. The molecule has 5 rings (SSSR count). The Labute approximate surface area is 198 Å². The molecular formula is C24H33N5O5. The number of carbonyl (C=O) groups is 4. The van der Waals surface area contributed by atoms with Crippen LogP contribution in [0.15, 0.2) is 12.5 Å². The first-order valence-electron chi connectivity index (χ1n) is 12.3. The maximum absolute atomic E-state index is 13.9. The number of hydrogen-bond acceptors (Lipinski definition) is 6. The van der Waals surface area contributed by atoms with Crippen LogP contribution in [0.3, 0.4) is 0 Å². The Kier molecular flexibility index (Phi) is 5.44. The van der Waals surface area contributed by atoms with Gasteiger partial charge in [0, 0.05) is 30.8 Å². The van der Waals surface area contributed by atoms with Crippen molar-refractivity contribution in [1.29, 1.82) is 0 Å². The summed E-state index contributed by atoms with van der Waals surface area (Å²) in [6, 6.07) is -1.50. The average molecular weight is 472 g/mol. The molecular weight excluding hydrogens is 438 g/mol. The number of amides is 4. The molecule has 1 spiro atoms. The smallest absolute Gasteiger partial charge is 0.408 e. The number of aromatic amines is 1. The summed E-state index contributed by atoms with van der Waals surface area (Å²) < 4.78 is 5.41. The van der Waals surface area contributed by atoms with Crippen molar-refractivity contribution in [3.63, 3.8) is 0 Å². The zero-order valence-electron chi connectivity index (χ0n) is 20.0. The van der Waals surface area contributed by atoms with E-state index in [1.165, 1.54) is 11.2 Å². The van der Waals surface area contributed by atoms with Crippen LogP contribution in [0.4, 0.5) is 4.79 Å². The number of likely N-dealkylation sites (tertiary alicyclic amines) is 2. The molecule has 1 aromatic rings. The molecule has 2 N–H and O–H groups in total. The third-order valence-electron chi connectivity index (χ3n) is 7.57. The van der Waals surface area contributed by atoms with Crippen LogP contribution in [0.25, 0.3) is 0 Å². The third kappa shape index (κ3) is 3.86. The molecule has 3 atom stereocenters. The number of hydrogen-bond donors (Lipinski definition) is 2. The van der Waals surface area contributed by atoms with Gasteiger partial charge in [0.2, 0.25) is 17.7 Å². The molecule has 2 saturated heterocycles. The molecule has 2 saturated carbocycles. The molecule has 3 heterocycles. The van der Waals surface area contributed by atoms with Gasteiger partial charge in [0.15, 0.2) is 0 Å². The molecule has 2 aliphatic heterocycles. The minimum absolute atomic E-state index is 0.0495. The van der Waals surface area contributed by atoms with Crippen molar-refractivity contribution in [3.05, 3.63) is 18.2 Å². The quantitative estimate of drug-likeness (QED) is 0.631. The van der Waals surface area contributed by atoms with Gasteiger partial charge in [0.25, 0.3) is 0 Å². The van der Waals surface area contributed by atoms with Gasteiger partial charge >= 0.3 is 6.09 Å². The second-order valence-electron chi connectivity index (χ2n) is 11.1. The Bertz CT molecular complexity index is 992. The summed E-state index contributed by atoms with van der Waals surface area (Å²) in [5, 5.41) is 2.74. The van der Waals surface area contributed by atoms with Gasteiger partial charge in [-0.05, 0) is 52.9 Å². The first kappa shape index (κ1) is 22.9. The highest BCUT2D eigenvalue weighted by Gasteiger charge is 2.68. The largest absolute Gasteiger partial charge is 0.444 e. The fourth-order valence-corrected chi connectivity index (χ4v) is 5.80. The minimum Gasteiger partial charge on any atom is -0.444 e. The third-order valence-corrected chi connectivity index (χ3v) is 7.57. The van der Waals surface area contributed by atoms with E-state index in [0.717, 1.165) is 19.3 Å². The monoisotopic (exact) mass is 471 g/mol. The number of ether oxygens (including phenoxy) is 1. The first-order valence-corrected chi connectivity index (χ1v) is 12.3. The Morgan fingerprint density at radius 1 is 1.26 bits per heavy atom. The number of nitrogens with one attached hydrogen (secondary N) is 2. The lowest BCUT2D eigenvalue weighted by atomic mass is 9.64. The van der Waals surface area contributed by atoms with Crippen LogP contribution >= 0.6 is 0 Å². The summed E-state index contributed by atoms with van der Waals surface area (Å²) in [5.74, 6) is -0.480. The topological polar surface area (TPSA) is 125 Å². The number of rotatable bonds is 5. The molecule has 0 radical (unpaired) electrons. The maximum Gasteiger partial charge on any atom is 0.408 e. The van der Waals surface area contributed by atoms with Crippen molar-refractivity contribution in [2.75, 3.05) is 6.54 Å². The normalized spacial score (nSPS) is 26.3. The van der Waals surface area contributed by atoms with E-state index in [0.29, 0.717) is 31.5 Å². The van der Waals surface area contributed by atoms with Crippen molar-refractivity contribution in [3.8, 4) is 0 Å². The van der Waals surface area contributed by atoms with Crippen molar-refractivity contribution >= 4 is 23.8 Å². The number of aromatic nitrogens is 2. The summed E-state index contributed by atoms with van der Waals surface area (Å²) in [4.78, 5) is 63.2. The summed E-state index contributed by atoms with van der Waals surface area (Å²) in [5.41, 5.74) is -0.676. The van der Waals surface area contributed by atoms with E-state index in [4.69, 9.17) is 4.74 Å². The summed E-state index contributed by atoms with van der Waals surface area (Å²) in [6.07, 6.45) is 7.23. The van der Waals surface area contributed by atoms with Crippen LogP contribution in [-0.4, -0.2) is 73.9 Å². The standard InChI is InChI=1S/C24H33N5O5/c1-23(2,3)34-22(33)27-16(11-15-12-25-13-26-15)20(31)28-10-7-17-18(28)24(8-4-9-24)21(32)29(17)19(30)14-5-6-14/h12-14,16-18H,4-11H2,1-3H3,(H,25,26)(H,27,33)/t16-,17-,18-/m0/s1. The predicted molar refractivity (Wildman–Crippen MR) is 120 cm³/mol. The van der Waals surface area contributed by atoms with Gasteiger partial charge in [-0.2, -0.15) is 0 Å². The number of fused-ring (bicyclic) bond motifs is 2. The van der Waals surface area contributed by atoms with Crippen molar-refractivity contribution in [2.45, 2.75) is 89.4 Å². The molecule has 0 bridgehead atoms. The van der Waals surface area contributed by atoms with Gasteiger partial charge in [-0.1, -0.05) is 6.42 Å². The molecule has 10 heteroatoms. The summed E-state index contributed by atoms with van der Waals surface area (Å²) in [6.45, 7) is 5.74. The Morgan fingerprint density at radius 2 is 2.00 bits per heavy atom. The van der Waals surface area contributed by atoms with E-state index in [2.05, 4.69) is 15.3 Å². The Balaban J connectivity index is 1.40. The molecule has 34 heavy (non-hydrogen) atoms. The zero-order chi connectivity index (χ0) is 24.3. The van der Waals surface area contributed by atoms with Crippen LogP contribution in [0, 0.1) is 11.3 Å². The molecule has 0 aromatic carbocycles. The number of carbonyl (C=O) groups excluding carboxylic acids is 4. The fraction of sp³-hybridized carbons (Fsp3) is 0.708. The molecule has 2 aliphatic carbocycles. The fourth-order valence-electron chi connectivity index (χ4n) is 5.80. The van der Waals surface area contributed by atoms with E-state index in [1.54, 1.807) is 31.9 Å². The van der Waals surface area contributed by atoms with Gasteiger partial charge in [0.05, 0.1) is 23.8 Å². The number of imide groups is 1. The van der Waals surface area contributed by atoms with E-state index in [1.807, 2.05) is 0 Å². The van der Waals surface area contributed by atoms with Crippen LogP contribution in [0.2, 0.25) is 0 Å². The Morgan fingerprint density at radius 3 is 2.56 bits per heavy atom. The SMILES string of the molecule is CC(C)(C)OC(=O)N[C@@H](Cc1cnc[nH]1)C(=O)N1CC[C@H]2[C@H]1C1(CCC1)C(=O)N2C(=O)C1CC1. The first-order chi connectivity index (χ1) is 16.1. The van der Waals surface area contributed by atoms with Crippen LogP contribution in [-0.2, 0) is 25.5 Å². The molecule has 1 aromatic heterocycles. The molecule has 4 aliphatic rings. The van der Waals surface area contributed by atoms with Crippen molar-refractivity contribution in [2.24, 2.45) is 11.3 Å². The molecule has 184 valence electrons. The van der Waals surface area contributed by atoms with Gasteiger partial charge in [-0.3, -0.25) is 19.3 Å². The minimum atomic E-state index is -0.880. The highest BCUT2D eigenvalue weighted by molar-refractivity contribution is 6.04. The molecule has 4 fully saturated rings. The highest BCUT2D eigenvalue weighted by atomic mass is 16.6. The highest BCUT2D eigenvalue weighted by Crippen LogP contribution is 2.56. The lowest BCUT2D eigenvalue weighted by Gasteiger charge is -2.44. The van der Waals surface area contributed by atoms with Gasteiger partial charge in [0.1, 0.15) is 11.6 Å². The van der Waals surface area contributed by atoms with Gasteiger partial charge < -0.3 is 19.9 Å². The molecule has 4 amide bonds. The van der Waals surface area contributed by atoms with E-state index >= 15 is 0 Å². The number of H-pyrrole nitrogens is 1. The lowest BCUT2D eigenvalue weighted by Crippen LogP contribution is -2.57. The van der Waals surface area contributed by atoms with E-state index in [9.17, 15) is 19.2 Å².